The second-order valence-corrected chi connectivity index (χ2v) is 7.03. The summed E-state index contributed by atoms with van der Waals surface area (Å²) in [4.78, 5) is 33.5. The lowest BCUT2D eigenvalue weighted by atomic mass is 10.1. The van der Waals surface area contributed by atoms with Crippen molar-refractivity contribution in [2.45, 2.75) is 26.3 Å². The smallest absolute Gasteiger partial charge is 0.267 e. The molecule has 0 saturated carbocycles. The van der Waals surface area contributed by atoms with E-state index in [1.807, 2.05) is 54.0 Å². The van der Waals surface area contributed by atoms with E-state index in [9.17, 15) is 9.59 Å². The minimum atomic E-state index is -0.535. The fourth-order valence-corrected chi connectivity index (χ4v) is 3.41. The zero-order valence-electron chi connectivity index (χ0n) is 14.8. The highest BCUT2D eigenvalue weighted by molar-refractivity contribution is 6.30. The third-order valence-electron chi connectivity index (χ3n) is 4.58. The summed E-state index contributed by atoms with van der Waals surface area (Å²) >= 11 is 5.94. The van der Waals surface area contributed by atoms with Gasteiger partial charge >= 0.3 is 11.3 Å². The highest BCUT2D eigenvalue weighted by Crippen LogP contribution is 2.14. The number of aryl methyl sites for hydroxylation is 3. The number of hydrogen-bond donors (Lipinski definition) is 2. The molecule has 0 aliphatic rings. The van der Waals surface area contributed by atoms with Crippen molar-refractivity contribution < 1.29 is 4.57 Å². The maximum atomic E-state index is 12.2. The van der Waals surface area contributed by atoms with Crippen LogP contribution in [0.25, 0.3) is 22.2 Å². The van der Waals surface area contributed by atoms with Crippen LogP contribution in [0.2, 0.25) is 5.02 Å². The first-order valence-electron chi connectivity index (χ1n) is 8.72. The molecule has 0 spiro atoms. The monoisotopic (exact) mass is 381 g/mol. The van der Waals surface area contributed by atoms with Crippen molar-refractivity contribution in [2.24, 2.45) is 0 Å². The van der Waals surface area contributed by atoms with Crippen molar-refractivity contribution in [3.63, 3.8) is 0 Å². The molecule has 0 unspecified atom stereocenters. The van der Waals surface area contributed by atoms with Crippen LogP contribution in [0.15, 0.2) is 52.1 Å². The Balaban J connectivity index is 1.79. The number of halogens is 1. The molecule has 0 saturated heterocycles. The fourth-order valence-electron chi connectivity index (χ4n) is 3.28. The summed E-state index contributed by atoms with van der Waals surface area (Å²) < 4.78 is 1.96. The van der Waals surface area contributed by atoms with Crippen molar-refractivity contribution in [2.75, 3.05) is 0 Å². The number of benzene rings is 2. The number of nitrogens with one attached hydrogen (secondary N) is 2. The van der Waals surface area contributed by atoms with E-state index in [0.717, 1.165) is 29.4 Å². The van der Waals surface area contributed by atoms with Crippen LogP contribution in [0.5, 0.6) is 0 Å². The van der Waals surface area contributed by atoms with Gasteiger partial charge in [0.15, 0.2) is 5.52 Å². The number of H-pyrrole nitrogens is 2. The van der Waals surface area contributed by atoms with Gasteiger partial charge in [-0.2, -0.15) is 4.98 Å². The first kappa shape index (κ1) is 17.4. The van der Waals surface area contributed by atoms with E-state index in [2.05, 4.69) is 15.0 Å². The van der Waals surface area contributed by atoms with E-state index < -0.39 is 11.2 Å². The van der Waals surface area contributed by atoms with Crippen LogP contribution < -0.4 is 15.8 Å². The number of hydrogen-bond acceptors (Lipinski definition) is 3. The molecule has 2 heterocycles. The van der Waals surface area contributed by atoms with Gasteiger partial charge in [-0.3, -0.25) is 9.78 Å². The van der Waals surface area contributed by atoms with Gasteiger partial charge in [-0.05, 0) is 55.2 Å². The van der Waals surface area contributed by atoms with E-state index in [1.54, 1.807) is 0 Å². The van der Waals surface area contributed by atoms with Gasteiger partial charge in [0.1, 0.15) is 5.52 Å². The van der Waals surface area contributed by atoms with E-state index in [1.165, 1.54) is 5.56 Å². The Morgan fingerprint density at radius 3 is 2.63 bits per heavy atom. The first-order chi connectivity index (χ1) is 13.0. The lowest BCUT2D eigenvalue weighted by molar-refractivity contribution is -0.648. The molecule has 2 aromatic heterocycles. The topological polar surface area (TPSA) is 82.5 Å². The lowest BCUT2D eigenvalue weighted by Crippen LogP contribution is -2.40. The molecule has 27 heavy (non-hydrogen) atoms. The Morgan fingerprint density at radius 1 is 1.07 bits per heavy atom. The quantitative estimate of drug-likeness (QED) is 0.421. The highest BCUT2D eigenvalue weighted by atomic mass is 35.5. The van der Waals surface area contributed by atoms with Crippen LogP contribution in [0.3, 0.4) is 0 Å². The molecule has 0 fully saturated rings. The zero-order chi connectivity index (χ0) is 19.0. The Labute approximate surface area is 159 Å². The maximum absolute atomic E-state index is 12.2. The van der Waals surface area contributed by atoms with Gasteiger partial charge < -0.3 is 0 Å². The molecular formula is C20H18ClN4O2+. The molecule has 4 aromatic rings. The van der Waals surface area contributed by atoms with Gasteiger partial charge in [0, 0.05) is 5.02 Å². The summed E-state index contributed by atoms with van der Waals surface area (Å²) in [7, 11) is 0. The predicted octanol–water partition coefficient (Wildman–Crippen LogP) is 2.65. The molecule has 0 bridgehead atoms. The number of rotatable bonds is 4. The first-order valence-corrected chi connectivity index (χ1v) is 9.10. The van der Waals surface area contributed by atoms with E-state index >= 15 is 0 Å². The van der Waals surface area contributed by atoms with Crippen LogP contribution in [0.1, 0.15) is 17.5 Å². The third kappa shape index (κ3) is 3.48. The van der Waals surface area contributed by atoms with E-state index in [0.29, 0.717) is 17.2 Å². The molecule has 2 aromatic carbocycles. The van der Waals surface area contributed by atoms with Crippen molar-refractivity contribution in [1.29, 1.82) is 0 Å². The molecule has 2 N–H and O–H groups in total. The summed E-state index contributed by atoms with van der Waals surface area (Å²) in [6.45, 7) is 2.62. The summed E-state index contributed by atoms with van der Waals surface area (Å²) in [5.41, 5.74) is 3.51. The third-order valence-corrected chi connectivity index (χ3v) is 4.83. The molecule has 136 valence electrons. The van der Waals surface area contributed by atoms with Crippen molar-refractivity contribution >= 4 is 33.8 Å². The van der Waals surface area contributed by atoms with Crippen molar-refractivity contribution in [3.8, 4) is 0 Å². The fraction of sp³-hybridized carbons (Fsp3) is 0.200. The summed E-state index contributed by atoms with van der Waals surface area (Å²) in [6, 6.07) is 13.7. The number of nitrogens with zero attached hydrogens (tertiary/aromatic N) is 2. The molecule has 6 nitrogen and oxygen atoms in total. The van der Waals surface area contributed by atoms with Crippen molar-refractivity contribution in [1.82, 2.24) is 15.0 Å². The van der Waals surface area contributed by atoms with Crippen molar-refractivity contribution in [3.05, 3.63) is 79.5 Å². The van der Waals surface area contributed by atoms with Crippen LogP contribution in [-0.4, -0.2) is 15.0 Å². The second kappa shape index (κ2) is 6.96. The van der Waals surface area contributed by atoms with Crippen LogP contribution >= 0.6 is 11.6 Å². The van der Waals surface area contributed by atoms with Crippen LogP contribution in [0, 0.1) is 6.92 Å². The Kier molecular flexibility index (Phi) is 4.49. The molecule has 0 aliphatic carbocycles. The average Bonchev–Trinajstić information content (AvgIpc) is 2.63. The Morgan fingerprint density at radius 2 is 1.85 bits per heavy atom. The standard InChI is InChI=1S/C20H17ClN4O2/c1-12-4-9-16-15(11-12)22-17-18(23-20(27)24-19(17)26)25(16)10-2-3-13-5-7-14(21)8-6-13/h4-9,11H,2-3,10H2,1H3,(H,24,26,27)/p+1. The SMILES string of the molecule is Cc1ccc2c(c1)nc1c(=O)[nH]c(=O)[nH]c1[n+]2CCCc1ccc(Cl)cc1. The normalized spacial score (nSPS) is 11.3. The molecule has 0 aliphatic heterocycles. The van der Waals surface area contributed by atoms with Gasteiger partial charge in [0.25, 0.3) is 5.56 Å². The van der Waals surface area contributed by atoms with Gasteiger partial charge in [0.05, 0.1) is 6.54 Å². The summed E-state index contributed by atoms with van der Waals surface area (Å²) in [5, 5.41) is 0.714. The maximum Gasteiger partial charge on any atom is 0.413 e. The molecule has 0 radical (unpaired) electrons. The number of aromatic amines is 2. The summed E-state index contributed by atoms with van der Waals surface area (Å²) in [6.07, 6.45) is 1.69. The molecular weight excluding hydrogens is 364 g/mol. The zero-order valence-corrected chi connectivity index (χ0v) is 15.5. The van der Waals surface area contributed by atoms with Gasteiger partial charge in [-0.15, -0.1) is 0 Å². The molecule has 0 atom stereocenters. The second-order valence-electron chi connectivity index (χ2n) is 6.59. The summed E-state index contributed by atoms with van der Waals surface area (Å²) in [5.74, 6) is 0. The van der Waals surface area contributed by atoms with Gasteiger partial charge in [0.2, 0.25) is 5.52 Å². The average molecular weight is 382 g/mol. The van der Waals surface area contributed by atoms with E-state index in [-0.39, 0.29) is 5.52 Å². The largest absolute Gasteiger partial charge is 0.413 e. The minimum Gasteiger partial charge on any atom is -0.267 e. The molecule has 7 heteroatoms. The van der Waals surface area contributed by atoms with Crippen LogP contribution in [0.4, 0.5) is 0 Å². The minimum absolute atomic E-state index is 0.235. The molecule has 0 amide bonds. The predicted molar refractivity (Wildman–Crippen MR) is 105 cm³/mol. The Hall–Kier alpha value is -2.99. The number of aromatic nitrogens is 4. The van der Waals surface area contributed by atoms with Gasteiger partial charge in [-0.25, -0.2) is 14.3 Å². The lowest BCUT2D eigenvalue weighted by Gasteiger charge is -2.08. The Bertz CT molecular complexity index is 1260. The van der Waals surface area contributed by atoms with E-state index in [4.69, 9.17) is 11.6 Å². The van der Waals surface area contributed by atoms with Crippen LogP contribution in [-0.2, 0) is 13.0 Å². The number of fused-ring (bicyclic) bond motifs is 2. The molecule has 4 rings (SSSR count). The van der Waals surface area contributed by atoms with Gasteiger partial charge in [-0.1, -0.05) is 29.8 Å². The highest BCUT2D eigenvalue weighted by Gasteiger charge is 2.18.